The highest BCUT2D eigenvalue weighted by Gasteiger charge is 2.22. The quantitative estimate of drug-likeness (QED) is 0.345. The number of benzene rings is 3. The van der Waals surface area contributed by atoms with Gasteiger partial charge in [0.25, 0.3) is 0 Å². The number of carbonyl (C=O) groups is 1. The molecule has 1 unspecified atom stereocenters. The van der Waals surface area contributed by atoms with Gasteiger partial charge in [0.2, 0.25) is 5.91 Å². The molecule has 0 aliphatic rings. The summed E-state index contributed by atoms with van der Waals surface area (Å²) in [6, 6.07) is 26.5. The number of anilines is 1. The molecule has 31 heavy (non-hydrogen) atoms. The first-order valence-electron chi connectivity index (χ1n) is 10.0. The molecule has 6 heteroatoms. The number of hydrogen-bond donors (Lipinski definition) is 1. The highest BCUT2D eigenvalue weighted by Crippen LogP contribution is 2.31. The highest BCUT2D eigenvalue weighted by molar-refractivity contribution is 6.34. The maximum Gasteiger partial charge on any atom is 0.233 e. The first-order chi connectivity index (χ1) is 15.1. The van der Waals surface area contributed by atoms with E-state index in [2.05, 4.69) is 5.32 Å². The van der Waals surface area contributed by atoms with Gasteiger partial charge in [-0.25, -0.2) is 4.68 Å². The molecule has 1 atom stereocenters. The lowest BCUT2D eigenvalue weighted by molar-refractivity contribution is -0.117. The van der Waals surface area contributed by atoms with Crippen LogP contribution in [0.4, 0.5) is 5.82 Å². The van der Waals surface area contributed by atoms with Crippen molar-refractivity contribution in [3.63, 3.8) is 0 Å². The summed E-state index contributed by atoms with van der Waals surface area (Å²) in [6.07, 6.45) is 0.674. The molecular weight excluding hydrogens is 429 g/mol. The minimum absolute atomic E-state index is 0.104. The summed E-state index contributed by atoms with van der Waals surface area (Å²) in [7, 11) is 0. The fraction of sp³-hybridized carbons (Fsp3) is 0.120. The maximum absolute atomic E-state index is 13.2. The largest absolute Gasteiger partial charge is 0.310 e. The zero-order valence-corrected chi connectivity index (χ0v) is 18.4. The predicted molar refractivity (Wildman–Crippen MR) is 127 cm³/mol. The Labute approximate surface area is 191 Å². The summed E-state index contributed by atoms with van der Waals surface area (Å²) >= 11 is 12.7. The molecule has 0 aliphatic heterocycles. The van der Waals surface area contributed by atoms with Gasteiger partial charge in [0.15, 0.2) is 0 Å². The molecule has 4 nitrogen and oxygen atoms in total. The molecule has 1 aromatic heterocycles. The summed E-state index contributed by atoms with van der Waals surface area (Å²) in [5, 5.41) is 8.79. The van der Waals surface area contributed by atoms with Crippen LogP contribution in [0.25, 0.3) is 16.9 Å². The lowest BCUT2D eigenvalue weighted by Crippen LogP contribution is -2.22. The molecule has 4 aromatic rings. The maximum atomic E-state index is 13.2. The number of amides is 1. The molecule has 0 fully saturated rings. The molecule has 4 rings (SSSR count). The summed E-state index contributed by atoms with van der Waals surface area (Å²) in [5.74, 6) is 0.148. The molecule has 0 saturated carbocycles. The summed E-state index contributed by atoms with van der Waals surface area (Å²) in [4.78, 5) is 13.2. The second kappa shape index (κ2) is 9.38. The van der Waals surface area contributed by atoms with Crippen molar-refractivity contribution < 1.29 is 4.79 Å². The van der Waals surface area contributed by atoms with Crippen molar-refractivity contribution >= 4 is 34.9 Å². The van der Waals surface area contributed by atoms with Crippen molar-refractivity contribution in [2.45, 2.75) is 19.3 Å². The number of halogens is 2. The smallest absolute Gasteiger partial charge is 0.233 e. The Morgan fingerprint density at radius 3 is 2.32 bits per heavy atom. The van der Waals surface area contributed by atoms with Gasteiger partial charge in [-0.3, -0.25) is 4.79 Å². The zero-order valence-electron chi connectivity index (χ0n) is 16.9. The van der Waals surface area contributed by atoms with Crippen LogP contribution in [-0.2, 0) is 4.79 Å². The van der Waals surface area contributed by atoms with E-state index in [0.717, 1.165) is 16.8 Å². The van der Waals surface area contributed by atoms with Gasteiger partial charge in [-0.05, 0) is 30.2 Å². The molecule has 1 amide bonds. The Morgan fingerprint density at radius 1 is 0.968 bits per heavy atom. The van der Waals surface area contributed by atoms with Gasteiger partial charge in [-0.1, -0.05) is 90.8 Å². The molecule has 0 bridgehead atoms. The van der Waals surface area contributed by atoms with Gasteiger partial charge in [-0.15, -0.1) is 0 Å². The number of carbonyl (C=O) groups excluding carboxylic acids is 1. The van der Waals surface area contributed by atoms with E-state index in [1.807, 2.05) is 73.7 Å². The van der Waals surface area contributed by atoms with E-state index < -0.39 is 0 Å². The minimum Gasteiger partial charge on any atom is -0.310 e. The topological polar surface area (TPSA) is 46.9 Å². The highest BCUT2D eigenvalue weighted by atomic mass is 35.5. The van der Waals surface area contributed by atoms with Crippen molar-refractivity contribution in [1.82, 2.24) is 9.78 Å². The summed E-state index contributed by atoms with van der Waals surface area (Å²) < 4.78 is 1.63. The molecule has 3 aromatic carbocycles. The molecule has 0 spiro atoms. The van der Waals surface area contributed by atoms with E-state index in [1.165, 1.54) is 0 Å². The average molecular weight is 450 g/mol. The van der Waals surface area contributed by atoms with Crippen LogP contribution < -0.4 is 5.32 Å². The van der Waals surface area contributed by atoms with Crippen LogP contribution in [0.5, 0.6) is 0 Å². The monoisotopic (exact) mass is 449 g/mol. The van der Waals surface area contributed by atoms with Crippen molar-refractivity contribution in [1.29, 1.82) is 0 Å². The van der Waals surface area contributed by atoms with Crippen LogP contribution >= 0.6 is 23.2 Å². The number of hydrogen-bond acceptors (Lipinski definition) is 2. The summed E-state index contributed by atoms with van der Waals surface area (Å²) in [5.41, 5.74) is 3.22. The van der Waals surface area contributed by atoms with Crippen molar-refractivity contribution in [3.8, 4) is 16.9 Å². The normalized spacial score (nSPS) is 11.8. The van der Waals surface area contributed by atoms with Crippen LogP contribution in [-0.4, -0.2) is 15.7 Å². The number of rotatable bonds is 6. The molecule has 1 N–H and O–H groups in total. The van der Waals surface area contributed by atoms with E-state index in [-0.39, 0.29) is 11.8 Å². The van der Waals surface area contributed by atoms with Gasteiger partial charge in [0.05, 0.1) is 22.3 Å². The number of aromatic nitrogens is 2. The third-order valence-electron chi connectivity index (χ3n) is 5.09. The van der Waals surface area contributed by atoms with Gasteiger partial charge in [-0.2, -0.15) is 5.10 Å². The lowest BCUT2D eigenvalue weighted by atomic mass is 9.96. The average Bonchev–Trinajstić information content (AvgIpc) is 3.21. The molecule has 1 heterocycles. The van der Waals surface area contributed by atoms with Crippen LogP contribution in [0.15, 0.2) is 84.9 Å². The minimum atomic E-state index is -0.278. The SMILES string of the molecule is CCC(C(=O)Nc1cc(-c2ccccc2)nn1-c1cc(Cl)ccc1Cl)c1ccccc1. The molecule has 0 aliphatic carbocycles. The molecular formula is C25H21Cl2N3O. The van der Waals surface area contributed by atoms with Gasteiger partial charge in [0.1, 0.15) is 5.82 Å². The van der Waals surface area contributed by atoms with E-state index in [4.69, 9.17) is 28.3 Å². The second-order valence-corrected chi connectivity index (χ2v) is 7.99. The van der Waals surface area contributed by atoms with Crippen LogP contribution in [0, 0.1) is 0 Å². The van der Waals surface area contributed by atoms with E-state index in [1.54, 1.807) is 22.9 Å². The fourth-order valence-electron chi connectivity index (χ4n) is 3.52. The molecule has 0 radical (unpaired) electrons. The van der Waals surface area contributed by atoms with Crippen LogP contribution in [0.3, 0.4) is 0 Å². The number of nitrogens with one attached hydrogen (secondary N) is 1. The number of nitrogens with zero attached hydrogens (tertiary/aromatic N) is 2. The lowest BCUT2D eigenvalue weighted by Gasteiger charge is -2.16. The first kappa shape index (κ1) is 21.2. The van der Waals surface area contributed by atoms with Gasteiger partial charge >= 0.3 is 0 Å². The fourth-order valence-corrected chi connectivity index (χ4v) is 3.89. The molecule has 156 valence electrons. The Morgan fingerprint density at radius 2 is 1.65 bits per heavy atom. The van der Waals surface area contributed by atoms with Crippen molar-refractivity contribution in [2.75, 3.05) is 5.32 Å². The predicted octanol–water partition coefficient (Wildman–Crippen LogP) is 6.98. The Balaban J connectivity index is 1.76. The first-order valence-corrected chi connectivity index (χ1v) is 10.8. The van der Waals surface area contributed by atoms with Crippen molar-refractivity contribution in [2.24, 2.45) is 0 Å². The molecule has 0 saturated heterocycles. The standard InChI is InChI=1S/C25H21Cl2N3O/c1-2-20(17-9-5-3-6-10-17)25(31)28-24-16-22(18-11-7-4-8-12-18)29-30(24)23-15-19(26)13-14-21(23)27/h3-16,20H,2H2,1H3,(H,28,31). The van der Waals surface area contributed by atoms with Crippen molar-refractivity contribution in [3.05, 3.63) is 101 Å². The Bertz CT molecular complexity index is 1190. The van der Waals surface area contributed by atoms with E-state index in [9.17, 15) is 4.79 Å². The third-order valence-corrected chi connectivity index (χ3v) is 5.65. The van der Waals surface area contributed by atoms with Crippen LogP contribution in [0.1, 0.15) is 24.8 Å². The summed E-state index contributed by atoms with van der Waals surface area (Å²) in [6.45, 7) is 2.00. The van der Waals surface area contributed by atoms with E-state index in [0.29, 0.717) is 28.0 Å². The third kappa shape index (κ3) is 4.66. The Kier molecular flexibility index (Phi) is 6.40. The Hall–Kier alpha value is -3.08. The zero-order chi connectivity index (χ0) is 21.8. The van der Waals surface area contributed by atoms with Gasteiger partial charge < -0.3 is 5.32 Å². The van der Waals surface area contributed by atoms with E-state index >= 15 is 0 Å². The van der Waals surface area contributed by atoms with Crippen LogP contribution in [0.2, 0.25) is 10.0 Å². The second-order valence-electron chi connectivity index (χ2n) is 7.15. The van der Waals surface area contributed by atoms with Gasteiger partial charge in [0, 0.05) is 16.7 Å².